The molecule has 1 aliphatic carbocycles. The van der Waals surface area contributed by atoms with Crippen molar-refractivity contribution in [2.75, 3.05) is 0 Å². The van der Waals surface area contributed by atoms with Crippen LogP contribution in [0.3, 0.4) is 0 Å². The number of hydrogen-bond donors (Lipinski definition) is 2. The highest BCUT2D eigenvalue weighted by Gasteiger charge is 2.30. The van der Waals surface area contributed by atoms with Gasteiger partial charge in [-0.3, -0.25) is 9.59 Å². The van der Waals surface area contributed by atoms with E-state index in [1.54, 1.807) is 0 Å². The number of aliphatic carboxylic acids is 2. The second kappa shape index (κ2) is 6.87. The normalized spacial score (nSPS) is 18.9. The molecule has 0 radical (unpaired) electrons. The highest BCUT2D eigenvalue weighted by atomic mass is 27.0. The van der Waals surface area contributed by atoms with Gasteiger partial charge in [0.05, 0.1) is 12.3 Å². The third-order valence-corrected chi connectivity index (χ3v) is 2.93. The first-order valence-electron chi connectivity index (χ1n) is 5.06. The highest BCUT2D eigenvalue weighted by Crippen LogP contribution is 2.31. The zero-order valence-electron chi connectivity index (χ0n) is 8.11. The van der Waals surface area contributed by atoms with E-state index in [4.69, 9.17) is 10.2 Å². The van der Waals surface area contributed by atoms with E-state index in [1.165, 1.54) is 0 Å². The number of hydrogen-bond acceptors (Lipinski definition) is 2. The van der Waals surface area contributed by atoms with E-state index in [0.29, 0.717) is 0 Å². The van der Waals surface area contributed by atoms with Crippen molar-refractivity contribution in [2.24, 2.45) is 11.8 Å². The van der Waals surface area contributed by atoms with Crippen LogP contribution in [0.5, 0.6) is 0 Å². The predicted molar refractivity (Wildman–Crippen MR) is 59.9 cm³/mol. The molecule has 1 saturated carbocycles. The summed E-state index contributed by atoms with van der Waals surface area (Å²) < 4.78 is 0. The molecule has 1 fully saturated rings. The van der Waals surface area contributed by atoms with Crippen LogP contribution < -0.4 is 0 Å². The van der Waals surface area contributed by atoms with E-state index in [2.05, 4.69) is 0 Å². The van der Waals surface area contributed by atoms with E-state index >= 15 is 0 Å². The van der Waals surface area contributed by atoms with Crippen molar-refractivity contribution in [1.82, 2.24) is 0 Å². The van der Waals surface area contributed by atoms with Crippen LogP contribution in [0.4, 0.5) is 0 Å². The van der Waals surface area contributed by atoms with E-state index in [0.717, 1.165) is 32.1 Å². The standard InChI is InChI=1S/C10H16O4.Al.3H/c11-9(12)6-8(10(13)14)7-4-2-1-3-5-7;;;;/h7-8H,1-6H2,(H,11,12)(H,13,14);;;;. The van der Waals surface area contributed by atoms with Gasteiger partial charge in [-0.05, 0) is 18.8 Å². The number of carboxylic acids is 2. The monoisotopic (exact) mass is 230 g/mol. The molecule has 0 aromatic rings. The van der Waals surface area contributed by atoms with E-state index < -0.39 is 17.9 Å². The van der Waals surface area contributed by atoms with Gasteiger partial charge in [0.25, 0.3) is 0 Å². The Morgan fingerprint density at radius 3 is 2.07 bits per heavy atom. The van der Waals surface area contributed by atoms with Gasteiger partial charge >= 0.3 is 11.9 Å². The molecule has 0 aromatic carbocycles. The maximum absolute atomic E-state index is 10.9. The average molecular weight is 230 g/mol. The summed E-state index contributed by atoms with van der Waals surface area (Å²) in [5.41, 5.74) is 0. The SMILES string of the molecule is O=C(O)CC(C(=O)O)C1CCCCC1.[AlH3]. The van der Waals surface area contributed by atoms with Crippen LogP contribution in [0.2, 0.25) is 0 Å². The van der Waals surface area contributed by atoms with Crippen LogP contribution in [-0.4, -0.2) is 39.5 Å². The largest absolute Gasteiger partial charge is 0.481 e. The fourth-order valence-electron chi connectivity index (χ4n) is 2.18. The predicted octanol–water partition coefficient (Wildman–Crippen LogP) is 0.558. The van der Waals surface area contributed by atoms with Gasteiger partial charge in [-0.25, -0.2) is 0 Å². The van der Waals surface area contributed by atoms with E-state index in [-0.39, 0.29) is 29.7 Å². The third kappa shape index (κ3) is 4.68. The van der Waals surface area contributed by atoms with Crippen molar-refractivity contribution >= 4 is 29.3 Å². The van der Waals surface area contributed by atoms with Crippen molar-refractivity contribution in [1.29, 1.82) is 0 Å². The summed E-state index contributed by atoms with van der Waals surface area (Å²) in [6.07, 6.45) is 4.71. The van der Waals surface area contributed by atoms with Gasteiger partial charge < -0.3 is 10.2 Å². The maximum Gasteiger partial charge on any atom is 0.307 e. The summed E-state index contributed by atoms with van der Waals surface area (Å²) in [6.45, 7) is 0. The average Bonchev–Trinajstić information content (AvgIpc) is 2.15. The number of carboxylic acid groups (broad SMARTS) is 2. The summed E-state index contributed by atoms with van der Waals surface area (Å²) in [5.74, 6) is -2.59. The van der Waals surface area contributed by atoms with Crippen molar-refractivity contribution in [3.05, 3.63) is 0 Å². The first-order valence-corrected chi connectivity index (χ1v) is 5.06. The molecule has 0 aromatic heterocycles. The first kappa shape index (κ1) is 14.5. The minimum Gasteiger partial charge on any atom is -0.481 e. The summed E-state index contributed by atoms with van der Waals surface area (Å²) in [7, 11) is 0. The lowest BCUT2D eigenvalue weighted by Crippen LogP contribution is -2.27. The third-order valence-electron chi connectivity index (χ3n) is 2.93. The Morgan fingerprint density at radius 1 is 1.13 bits per heavy atom. The van der Waals surface area contributed by atoms with E-state index in [9.17, 15) is 9.59 Å². The smallest absolute Gasteiger partial charge is 0.307 e. The Labute approximate surface area is 99.8 Å². The number of rotatable bonds is 4. The zero-order valence-corrected chi connectivity index (χ0v) is 8.11. The van der Waals surface area contributed by atoms with Crippen molar-refractivity contribution in [2.45, 2.75) is 38.5 Å². The summed E-state index contributed by atoms with van der Waals surface area (Å²) in [6, 6.07) is 0. The molecule has 2 N–H and O–H groups in total. The van der Waals surface area contributed by atoms with Gasteiger partial charge in [-0.15, -0.1) is 0 Å². The molecule has 0 heterocycles. The van der Waals surface area contributed by atoms with Crippen LogP contribution in [0.15, 0.2) is 0 Å². The summed E-state index contributed by atoms with van der Waals surface area (Å²) in [5, 5.41) is 17.5. The van der Waals surface area contributed by atoms with Crippen LogP contribution in [0, 0.1) is 11.8 Å². The minimum atomic E-state index is -1.01. The van der Waals surface area contributed by atoms with Gasteiger partial charge in [-0.1, -0.05) is 19.3 Å². The first-order chi connectivity index (χ1) is 6.61. The lowest BCUT2D eigenvalue weighted by molar-refractivity contribution is -0.150. The van der Waals surface area contributed by atoms with Gasteiger partial charge in [0.15, 0.2) is 17.4 Å². The molecule has 1 aliphatic rings. The number of carbonyl (C=O) groups is 2. The van der Waals surface area contributed by atoms with Crippen LogP contribution in [0.1, 0.15) is 38.5 Å². The maximum atomic E-state index is 10.9. The minimum absolute atomic E-state index is 0. The molecule has 15 heavy (non-hydrogen) atoms. The Morgan fingerprint density at radius 2 is 1.67 bits per heavy atom. The van der Waals surface area contributed by atoms with Crippen LogP contribution in [-0.2, 0) is 9.59 Å². The molecular weight excluding hydrogens is 211 g/mol. The molecule has 1 rings (SSSR count). The Hall–Kier alpha value is -0.528. The molecule has 0 bridgehead atoms. The summed E-state index contributed by atoms with van der Waals surface area (Å²) in [4.78, 5) is 21.4. The molecule has 4 nitrogen and oxygen atoms in total. The van der Waals surface area contributed by atoms with Gasteiger partial charge in [0, 0.05) is 0 Å². The molecule has 86 valence electrons. The Balaban J connectivity index is 0.00000196. The van der Waals surface area contributed by atoms with Crippen molar-refractivity contribution in [3.63, 3.8) is 0 Å². The molecule has 5 heteroatoms. The topological polar surface area (TPSA) is 74.6 Å². The zero-order chi connectivity index (χ0) is 10.6. The van der Waals surface area contributed by atoms with Crippen LogP contribution in [0.25, 0.3) is 0 Å². The van der Waals surface area contributed by atoms with Crippen LogP contribution >= 0.6 is 0 Å². The molecule has 0 saturated heterocycles. The van der Waals surface area contributed by atoms with E-state index in [1.807, 2.05) is 0 Å². The second-order valence-corrected chi connectivity index (χ2v) is 3.94. The lowest BCUT2D eigenvalue weighted by Gasteiger charge is -2.26. The molecule has 0 spiro atoms. The molecule has 0 aliphatic heterocycles. The quantitative estimate of drug-likeness (QED) is 0.692. The van der Waals surface area contributed by atoms with Gasteiger partial charge in [0.1, 0.15) is 0 Å². The van der Waals surface area contributed by atoms with Crippen molar-refractivity contribution in [3.8, 4) is 0 Å². The lowest BCUT2D eigenvalue weighted by atomic mass is 9.78. The van der Waals surface area contributed by atoms with Crippen molar-refractivity contribution < 1.29 is 19.8 Å². The molecular formula is C10H19AlO4. The summed E-state index contributed by atoms with van der Waals surface area (Å²) >= 11 is 0. The molecule has 1 unspecified atom stereocenters. The van der Waals surface area contributed by atoms with Gasteiger partial charge in [-0.2, -0.15) is 0 Å². The molecule has 0 amide bonds. The fourth-order valence-corrected chi connectivity index (χ4v) is 2.18. The van der Waals surface area contributed by atoms with Gasteiger partial charge in [0.2, 0.25) is 0 Å². The Kier molecular flexibility index (Phi) is 6.62. The fraction of sp³-hybridized carbons (Fsp3) is 0.800. The Bertz CT molecular complexity index is 223. The highest BCUT2D eigenvalue weighted by molar-refractivity contribution is 5.78. The second-order valence-electron chi connectivity index (χ2n) is 3.94. The molecule has 1 atom stereocenters.